The van der Waals surface area contributed by atoms with Crippen LogP contribution in [0.2, 0.25) is 5.15 Å². The number of nitrogens with one attached hydrogen (secondary N) is 2. The first-order valence-electron chi connectivity index (χ1n) is 4.10. The molecule has 7 nitrogen and oxygen atoms in total. The molecule has 0 bridgehead atoms. The monoisotopic (exact) mass is 231 g/mol. The Bertz CT molecular complexity index is 359. The molecular formula is C7H10ClN5O2. The van der Waals surface area contributed by atoms with E-state index in [2.05, 4.69) is 25.6 Å². The van der Waals surface area contributed by atoms with Crippen molar-refractivity contribution in [2.75, 3.05) is 17.8 Å². The van der Waals surface area contributed by atoms with Crippen LogP contribution in [0.25, 0.3) is 0 Å². The molecule has 0 atom stereocenters. The average Bonchev–Trinajstić information content (AvgIpc) is 2.21. The van der Waals surface area contributed by atoms with Crippen LogP contribution in [0.3, 0.4) is 0 Å². The summed E-state index contributed by atoms with van der Waals surface area (Å²) in [5.74, 6) is 0.211. The van der Waals surface area contributed by atoms with Crippen LogP contribution in [0.15, 0.2) is 6.33 Å². The van der Waals surface area contributed by atoms with Gasteiger partial charge < -0.3 is 10.5 Å². The Hall–Kier alpha value is -1.76. The normalized spacial score (nSPS) is 9.47. The number of rotatable bonds is 3. The molecule has 0 aromatic carbocycles. The zero-order valence-corrected chi connectivity index (χ0v) is 8.71. The van der Waals surface area contributed by atoms with E-state index >= 15 is 0 Å². The Labute approximate surface area is 91.0 Å². The van der Waals surface area contributed by atoms with E-state index in [9.17, 15) is 4.79 Å². The van der Waals surface area contributed by atoms with E-state index in [-0.39, 0.29) is 23.3 Å². The van der Waals surface area contributed by atoms with Gasteiger partial charge in [-0.1, -0.05) is 11.6 Å². The highest BCUT2D eigenvalue weighted by atomic mass is 35.5. The first-order chi connectivity index (χ1) is 7.15. The van der Waals surface area contributed by atoms with Gasteiger partial charge in [-0.3, -0.25) is 5.43 Å². The SMILES string of the molecule is CCOC(=O)NNc1ncnc(Cl)c1N. The molecule has 82 valence electrons. The van der Waals surface area contributed by atoms with Crippen molar-refractivity contribution in [2.24, 2.45) is 0 Å². The molecule has 0 spiro atoms. The van der Waals surface area contributed by atoms with Crippen molar-refractivity contribution in [1.29, 1.82) is 0 Å². The van der Waals surface area contributed by atoms with Gasteiger partial charge >= 0.3 is 6.09 Å². The number of nitrogens with zero attached hydrogens (tertiary/aromatic N) is 2. The van der Waals surface area contributed by atoms with Crippen molar-refractivity contribution >= 4 is 29.2 Å². The Morgan fingerprint density at radius 2 is 2.40 bits per heavy atom. The Balaban J connectivity index is 2.58. The number of hydrazine groups is 1. The number of amides is 1. The van der Waals surface area contributed by atoms with Crippen molar-refractivity contribution in [3.63, 3.8) is 0 Å². The first kappa shape index (κ1) is 11.3. The minimum atomic E-state index is -0.633. The van der Waals surface area contributed by atoms with Crippen LogP contribution in [-0.2, 0) is 4.74 Å². The second kappa shape index (κ2) is 5.20. The molecule has 8 heteroatoms. The summed E-state index contributed by atoms with van der Waals surface area (Å²) < 4.78 is 4.60. The molecule has 15 heavy (non-hydrogen) atoms. The Morgan fingerprint density at radius 3 is 3.07 bits per heavy atom. The van der Waals surface area contributed by atoms with Gasteiger partial charge in [-0.25, -0.2) is 20.2 Å². The fraction of sp³-hybridized carbons (Fsp3) is 0.286. The fourth-order valence-corrected chi connectivity index (χ4v) is 0.884. The van der Waals surface area contributed by atoms with E-state index in [0.29, 0.717) is 0 Å². The van der Waals surface area contributed by atoms with Crippen LogP contribution in [-0.4, -0.2) is 22.7 Å². The second-order valence-electron chi connectivity index (χ2n) is 2.40. The maximum atomic E-state index is 10.9. The lowest BCUT2D eigenvalue weighted by atomic mass is 10.5. The van der Waals surface area contributed by atoms with E-state index in [1.54, 1.807) is 6.92 Å². The summed E-state index contributed by atoms with van der Waals surface area (Å²) in [7, 11) is 0. The molecule has 1 rings (SSSR count). The van der Waals surface area contributed by atoms with Crippen LogP contribution < -0.4 is 16.6 Å². The highest BCUT2D eigenvalue weighted by Crippen LogP contribution is 2.20. The summed E-state index contributed by atoms with van der Waals surface area (Å²) in [5.41, 5.74) is 10.4. The predicted molar refractivity (Wildman–Crippen MR) is 55.2 cm³/mol. The van der Waals surface area contributed by atoms with Crippen LogP contribution >= 0.6 is 11.6 Å². The smallest absolute Gasteiger partial charge is 0.425 e. The predicted octanol–water partition coefficient (Wildman–Crippen LogP) is 0.785. The highest BCUT2D eigenvalue weighted by molar-refractivity contribution is 6.32. The lowest BCUT2D eigenvalue weighted by Gasteiger charge is -2.09. The van der Waals surface area contributed by atoms with Gasteiger partial charge in [0, 0.05) is 0 Å². The van der Waals surface area contributed by atoms with Crippen molar-refractivity contribution < 1.29 is 9.53 Å². The number of nitrogens with two attached hydrogens (primary N) is 1. The molecule has 1 aromatic rings. The van der Waals surface area contributed by atoms with Crippen molar-refractivity contribution in [3.05, 3.63) is 11.5 Å². The van der Waals surface area contributed by atoms with Crippen molar-refractivity contribution in [3.8, 4) is 0 Å². The zero-order valence-electron chi connectivity index (χ0n) is 7.95. The van der Waals surface area contributed by atoms with E-state index < -0.39 is 6.09 Å². The van der Waals surface area contributed by atoms with Crippen LogP contribution in [0.5, 0.6) is 0 Å². The third-order valence-electron chi connectivity index (χ3n) is 1.39. The van der Waals surface area contributed by atoms with Crippen LogP contribution in [0.4, 0.5) is 16.3 Å². The quantitative estimate of drug-likeness (QED) is 0.525. The zero-order chi connectivity index (χ0) is 11.3. The minimum Gasteiger partial charge on any atom is -0.449 e. The van der Waals surface area contributed by atoms with Gasteiger partial charge in [0.1, 0.15) is 12.0 Å². The fourth-order valence-electron chi connectivity index (χ4n) is 0.751. The number of anilines is 2. The van der Waals surface area contributed by atoms with Gasteiger partial charge in [0.15, 0.2) is 11.0 Å². The molecule has 4 N–H and O–H groups in total. The van der Waals surface area contributed by atoms with Gasteiger partial charge in [0.25, 0.3) is 0 Å². The number of nitrogen functional groups attached to an aromatic ring is 1. The summed E-state index contributed by atoms with van der Waals surface area (Å²) in [6.45, 7) is 1.96. The van der Waals surface area contributed by atoms with Crippen LogP contribution in [0, 0.1) is 0 Å². The maximum Gasteiger partial charge on any atom is 0.425 e. The summed E-state index contributed by atoms with van der Waals surface area (Å²) in [5, 5.41) is 0.109. The average molecular weight is 232 g/mol. The lowest BCUT2D eigenvalue weighted by Crippen LogP contribution is -2.30. The third kappa shape index (κ3) is 3.13. The molecule has 1 amide bonds. The first-order valence-corrected chi connectivity index (χ1v) is 4.47. The van der Waals surface area contributed by atoms with E-state index in [1.807, 2.05) is 0 Å². The lowest BCUT2D eigenvalue weighted by molar-refractivity contribution is 0.154. The van der Waals surface area contributed by atoms with E-state index in [1.165, 1.54) is 6.33 Å². The summed E-state index contributed by atoms with van der Waals surface area (Å²) >= 11 is 5.63. The molecule has 0 aliphatic heterocycles. The molecule has 0 aliphatic rings. The number of hydrogen-bond donors (Lipinski definition) is 3. The standard InChI is InChI=1S/C7H10ClN5O2/c1-2-15-7(14)13-12-6-4(9)5(8)10-3-11-6/h3H,2,9H2,1H3,(H,13,14)(H,10,11,12). The van der Waals surface area contributed by atoms with Gasteiger partial charge in [0.2, 0.25) is 0 Å². The van der Waals surface area contributed by atoms with E-state index in [0.717, 1.165) is 0 Å². The van der Waals surface area contributed by atoms with Gasteiger partial charge in [-0.2, -0.15) is 0 Å². The number of ether oxygens (including phenoxy) is 1. The maximum absolute atomic E-state index is 10.9. The molecule has 0 aliphatic carbocycles. The second-order valence-corrected chi connectivity index (χ2v) is 2.76. The number of halogens is 1. The highest BCUT2D eigenvalue weighted by Gasteiger charge is 2.06. The molecule has 0 saturated heterocycles. The summed E-state index contributed by atoms with van der Waals surface area (Å²) in [4.78, 5) is 18.3. The summed E-state index contributed by atoms with van der Waals surface area (Å²) in [6.07, 6.45) is 0.583. The van der Waals surface area contributed by atoms with Crippen molar-refractivity contribution in [1.82, 2.24) is 15.4 Å². The topological polar surface area (TPSA) is 102 Å². The molecule has 0 unspecified atom stereocenters. The van der Waals surface area contributed by atoms with Gasteiger partial charge in [-0.05, 0) is 6.92 Å². The molecule has 0 fully saturated rings. The number of hydrogen-bond acceptors (Lipinski definition) is 6. The number of carbonyl (C=O) groups excluding carboxylic acids is 1. The third-order valence-corrected chi connectivity index (χ3v) is 1.69. The van der Waals surface area contributed by atoms with Gasteiger partial charge in [0.05, 0.1) is 6.61 Å². The molecule has 0 radical (unpaired) electrons. The Morgan fingerprint density at radius 1 is 1.67 bits per heavy atom. The minimum absolute atomic E-state index is 0.109. The molecule has 1 aromatic heterocycles. The molecule has 0 saturated carbocycles. The number of carbonyl (C=O) groups is 1. The van der Waals surface area contributed by atoms with Gasteiger partial charge in [-0.15, -0.1) is 0 Å². The molecular weight excluding hydrogens is 222 g/mol. The van der Waals surface area contributed by atoms with Crippen molar-refractivity contribution in [2.45, 2.75) is 6.92 Å². The number of aromatic nitrogens is 2. The van der Waals surface area contributed by atoms with E-state index in [4.69, 9.17) is 17.3 Å². The Kier molecular flexibility index (Phi) is 3.92. The largest absolute Gasteiger partial charge is 0.449 e. The molecule has 1 heterocycles. The summed E-state index contributed by atoms with van der Waals surface area (Å²) in [6, 6.07) is 0. The van der Waals surface area contributed by atoms with Crippen LogP contribution in [0.1, 0.15) is 6.92 Å².